The van der Waals surface area contributed by atoms with Crippen LogP contribution in [0.3, 0.4) is 0 Å². The number of hydrogen-bond acceptors (Lipinski definition) is 5. The first kappa shape index (κ1) is 18.1. The number of pyridine rings is 2. The van der Waals surface area contributed by atoms with Crippen LogP contribution in [-0.2, 0) is 0 Å². The highest BCUT2D eigenvalue weighted by Crippen LogP contribution is 2.21. The summed E-state index contributed by atoms with van der Waals surface area (Å²) in [6.45, 7) is 3.05. The van der Waals surface area contributed by atoms with Gasteiger partial charge in [0.15, 0.2) is 0 Å². The number of fused-ring (bicyclic) bond motifs is 1. The van der Waals surface area contributed by atoms with Gasteiger partial charge in [0.1, 0.15) is 5.69 Å². The van der Waals surface area contributed by atoms with E-state index in [-0.39, 0.29) is 17.5 Å². The number of benzene rings is 1. The number of aromatic nitrogens is 2. The molecule has 2 aromatic heterocycles. The second kappa shape index (κ2) is 7.74. The Balaban J connectivity index is 1.54. The molecule has 1 N–H and O–H groups in total. The highest BCUT2D eigenvalue weighted by Gasteiger charge is 2.21. The summed E-state index contributed by atoms with van der Waals surface area (Å²) in [5.41, 5.74) is 2.00. The molecular formula is C21H21N5O2. The first-order chi connectivity index (χ1) is 13.6. The number of carbonyl (C=O) groups excluding carboxylic acids is 2. The van der Waals surface area contributed by atoms with Gasteiger partial charge >= 0.3 is 0 Å². The van der Waals surface area contributed by atoms with Gasteiger partial charge in [-0.1, -0.05) is 18.2 Å². The maximum absolute atomic E-state index is 12.8. The number of rotatable bonds is 3. The minimum atomic E-state index is -0.369. The molecule has 1 aromatic carbocycles. The summed E-state index contributed by atoms with van der Waals surface area (Å²) in [5, 5.41) is 3.79. The molecule has 0 unspecified atom stereocenters. The molecule has 142 valence electrons. The minimum absolute atomic E-state index is 0.0728. The number of para-hydroxylation sites is 1. The first-order valence-electron chi connectivity index (χ1n) is 9.21. The largest absolute Gasteiger partial charge is 0.336 e. The van der Waals surface area contributed by atoms with Gasteiger partial charge in [-0.3, -0.25) is 19.6 Å². The molecule has 0 saturated carbocycles. The van der Waals surface area contributed by atoms with Gasteiger partial charge in [-0.05, 0) is 31.3 Å². The Kier molecular flexibility index (Phi) is 4.99. The van der Waals surface area contributed by atoms with Crippen LogP contribution >= 0.6 is 0 Å². The van der Waals surface area contributed by atoms with Crippen LogP contribution in [0.4, 0.5) is 5.69 Å². The van der Waals surface area contributed by atoms with Crippen LogP contribution in [0.2, 0.25) is 0 Å². The lowest BCUT2D eigenvalue weighted by atomic mass is 10.1. The number of likely N-dealkylation sites (N-methyl/N-ethyl adjacent to an activating group) is 1. The third-order valence-electron chi connectivity index (χ3n) is 4.91. The van der Waals surface area contributed by atoms with Crippen LogP contribution in [0, 0.1) is 0 Å². The lowest BCUT2D eigenvalue weighted by Gasteiger charge is -2.32. The van der Waals surface area contributed by atoms with E-state index in [1.54, 1.807) is 24.4 Å². The minimum Gasteiger partial charge on any atom is -0.336 e. The summed E-state index contributed by atoms with van der Waals surface area (Å²) in [4.78, 5) is 38.0. The van der Waals surface area contributed by atoms with Crippen LogP contribution in [0.25, 0.3) is 10.9 Å². The van der Waals surface area contributed by atoms with E-state index < -0.39 is 0 Å². The van der Waals surface area contributed by atoms with Crippen molar-refractivity contribution in [2.45, 2.75) is 0 Å². The number of nitrogens with one attached hydrogen (secondary N) is 1. The van der Waals surface area contributed by atoms with E-state index in [9.17, 15) is 9.59 Å². The molecule has 0 aliphatic carbocycles. The summed E-state index contributed by atoms with van der Waals surface area (Å²) in [6.07, 6.45) is 3.19. The Hall–Kier alpha value is -3.32. The molecule has 1 aliphatic rings. The van der Waals surface area contributed by atoms with E-state index in [4.69, 9.17) is 0 Å². The van der Waals surface area contributed by atoms with E-state index in [1.165, 1.54) is 6.20 Å². The van der Waals surface area contributed by atoms with Gasteiger partial charge in [0, 0.05) is 49.5 Å². The molecule has 1 saturated heterocycles. The fourth-order valence-corrected chi connectivity index (χ4v) is 3.27. The summed E-state index contributed by atoms with van der Waals surface area (Å²) in [5.74, 6) is -0.442. The van der Waals surface area contributed by atoms with Crippen LogP contribution in [0.1, 0.15) is 20.8 Å². The highest BCUT2D eigenvalue weighted by molar-refractivity contribution is 6.08. The predicted molar refractivity (Wildman–Crippen MR) is 107 cm³/mol. The average Bonchev–Trinajstić information content (AvgIpc) is 2.74. The number of nitrogens with zero attached hydrogens (tertiary/aromatic N) is 4. The van der Waals surface area contributed by atoms with Gasteiger partial charge in [-0.2, -0.15) is 0 Å². The molecule has 7 heteroatoms. The summed E-state index contributed by atoms with van der Waals surface area (Å²) in [6, 6.07) is 12.6. The third-order valence-corrected chi connectivity index (χ3v) is 4.91. The molecule has 0 spiro atoms. The maximum atomic E-state index is 12.8. The molecule has 4 rings (SSSR count). The van der Waals surface area contributed by atoms with Gasteiger partial charge in [-0.25, -0.2) is 0 Å². The second-order valence-electron chi connectivity index (χ2n) is 6.86. The number of anilines is 1. The van der Waals surface area contributed by atoms with Crippen molar-refractivity contribution in [1.82, 2.24) is 19.8 Å². The molecule has 0 atom stereocenters. The molecule has 28 heavy (non-hydrogen) atoms. The zero-order chi connectivity index (χ0) is 19.5. The van der Waals surface area contributed by atoms with E-state index >= 15 is 0 Å². The van der Waals surface area contributed by atoms with E-state index in [2.05, 4.69) is 20.2 Å². The first-order valence-corrected chi connectivity index (χ1v) is 9.21. The van der Waals surface area contributed by atoms with E-state index in [1.807, 2.05) is 36.2 Å². The average molecular weight is 375 g/mol. The summed E-state index contributed by atoms with van der Waals surface area (Å²) >= 11 is 0. The fourth-order valence-electron chi connectivity index (χ4n) is 3.27. The Labute approximate surface area is 163 Å². The molecule has 1 fully saturated rings. The Morgan fingerprint density at radius 3 is 2.57 bits per heavy atom. The molecule has 0 bridgehead atoms. The van der Waals surface area contributed by atoms with E-state index in [0.29, 0.717) is 29.9 Å². The molecule has 2 amide bonds. The van der Waals surface area contributed by atoms with E-state index in [0.717, 1.165) is 18.5 Å². The summed E-state index contributed by atoms with van der Waals surface area (Å²) < 4.78 is 0. The number of carbonyl (C=O) groups is 2. The van der Waals surface area contributed by atoms with Gasteiger partial charge in [-0.15, -0.1) is 0 Å². The van der Waals surface area contributed by atoms with Gasteiger partial charge in [0.2, 0.25) is 0 Å². The normalized spacial score (nSPS) is 14.8. The van der Waals surface area contributed by atoms with Crippen LogP contribution in [-0.4, -0.2) is 64.8 Å². The van der Waals surface area contributed by atoms with Crippen molar-refractivity contribution in [3.05, 3.63) is 66.1 Å². The van der Waals surface area contributed by atoms with Crippen LogP contribution in [0.5, 0.6) is 0 Å². The zero-order valence-corrected chi connectivity index (χ0v) is 15.6. The standard InChI is InChI=1S/C21H21N5O2/c1-25-10-12-26(13-11-25)21(28)16-7-9-22-18(14-16)20(27)24-17-6-2-4-15-5-3-8-23-19(15)17/h2-9,14H,10-13H2,1H3,(H,24,27). The topological polar surface area (TPSA) is 78.4 Å². The lowest BCUT2D eigenvalue weighted by molar-refractivity contribution is 0.0664. The quantitative estimate of drug-likeness (QED) is 0.760. The van der Waals surface area contributed by atoms with Crippen molar-refractivity contribution in [2.75, 3.05) is 38.5 Å². The van der Waals surface area contributed by atoms with Gasteiger partial charge < -0.3 is 15.1 Å². The third kappa shape index (κ3) is 3.70. The predicted octanol–water partition coefficient (Wildman–Crippen LogP) is 2.27. The maximum Gasteiger partial charge on any atom is 0.274 e. The van der Waals surface area contributed by atoms with Gasteiger partial charge in [0.05, 0.1) is 11.2 Å². The number of amides is 2. The molecule has 1 aliphatic heterocycles. The van der Waals surface area contributed by atoms with Crippen molar-refractivity contribution < 1.29 is 9.59 Å². The van der Waals surface area contributed by atoms with Crippen molar-refractivity contribution in [2.24, 2.45) is 0 Å². The molecule has 0 radical (unpaired) electrons. The highest BCUT2D eigenvalue weighted by atomic mass is 16.2. The van der Waals surface area contributed by atoms with Crippen molar-refractivity contribution in [3.8, 4) is 0 Å². The monoisotopic (exact) mass is 375 g/mol. The zero-order valence-electron chi connectivity index (χ0n) is 15.6. The molecule has 3 aromatic rings. The summed E-state index contributed by atoms with van der Waals surface area (Å²) in [7, 11) is 2.04. The Morgan fingerprint density at radius 2 is 1.75 bits per heavy atom. The Morgan fingerprint density at radius 1 is 0.964 bits per heavy atom. The van der Waals surface area contributed by atoms with Crippen molar-refractivity contribution in [1.29, 1.82) is 0 Å². The van der Waals surface area contributed by atoms with Crippen molar-refractivity contribution >= 4 is 28.4 Å². The SMILES string of the molecule is CN1CCN(C(=O)c2ccnc(C(=O)Nc3cccc4cccnc34)c2)CC1. The molecule has 7 nitrogen and oxygen atoms in total. The Bertz CT molecular complexity index is 1020. The van der Waals surface area contributed by atoms with Crippen LogP contribution < -0.4 is 5.32 Å². The fraction of sp³-hybridized carbons (Fsp3) is 0.238. The smallest absolute Gasteiger partial charge is 0.274 e. The van der Waals surface area contributed by atoms with Crippen LogP contribution in [0.15, 0.2) is 54.9 Å². The van der Waals surface area contributed by atoms with Gasteiger partial charge in [0.25, 0.3) is 11.8 Å². The number of piperazine rings is 1. The second-order valence-corrected chi connectivity index (χ2v) is 6.86. The lowest BCUT2D eigenvalue weighted by Crippen LogP contribution is -2.47. The van der Waals surface area contributed by atoms with Crippen molar-refractivity contribution in [3.63, 3.8) is 0 Å². The molecular weight excluding hydrogens is 354 g/mol. The number of hydrogen-bond donors (Lipinski definition) is 1. The molecule has 3 heterocycles.